The Hall–Kier alpha value is -3.14. The van der Waals surface area contributed by atoms with Gasteiger partial charge in [0.15, 0.2) is 0 Å². The number of benzene rings is 4. The molecule has 216 valence electrons. The van der Waals surface area contributed by atoms with Gasteiger partial charge in [-0.15, -0.1) is 0 Å². The van der Waals surface area contributed by atoms with Gasteiger partial charge in [-0.25, -0.2) is 4.79 Å². The first-order chi connectivity index (χ1) is 19.6. The monoisotopic (exact) mass is 634 g/mol. The Morgan fingerprint density at radius 3 is 1.51 bits per heavy atom. The van der Waals surface area contributed by atoms with Crippen molar-refractivity contribution in [2.75, 3.05) is 12.8 Å². The molecule has 0 aliphatic rings. The minimum atomic E-state index is -1.73. The van der Waals surface area contributed by atoms with Gasteiger partial charge in [0, 0.05) is 0 Å². The van der Waals surface area contributed by atoms with Crippen LogP contribution < -0.4 is 32.9 Å². The van der Waals surface area contributed by atoms with E-state index in [0.29, 0.717) is 6.61 Å². The van der Waals surface area contributed by atoms with Crippen molar-refractivity contribution in [2.24, 2.45) is 0 Å². The fourth-order valence-electron chi connectivity index (χ4n) is 5.32. The van der Waals surface area contributed by atoms with Crippen molar-refractivity contribution in [2.45, 2.75) is 51.4 Å². The van der Waals surface area contributed by atoms with Crippen LogP contribution in [0.4, 0.5) is 0 Å². The molecule has 41 heavy (non-hydrogen) atoms. The van der Waals surface area contributed by atoms with Crippen LogP contribution in [0.3, 0.4) is 0 Å². The lowest BCUT2D eigenvalue weighted by molar-refractivity contribution is -0.0000289. The first-order valence-corrected chi connectivity index (χ1v) is 16.3. The highest BCUT2D eigenvalue weighted by atomic mass is 79.9. The maximum Gasteiger partial charge on any atom is 0.342 e. The summed E-state index contributed by atoms with van der Waals surface area (Å²) in [5.41, 5.74) is -0.00161. The van der Waals surface area contributed by atoms with E-state index < -0.39 is 13.2 Å². The second-order valence-electron chi connectivity index (χ2n) is 10.2. The van der Waals surface area contributed by atoms with E-state index in [4.69, 9.17) is 4.74 Å². The molecule has 4 rings (SSSR count). The second kappa shape index (κ2) is 17.0. The highest BCUT2D eigenvalue weighted by Gasteiger charge is 2.44. The summed E-state index contributed by atoms with van der Waals surface area (Å²) in [4.78, 5) is 12.1. The zero-order valence-corrected chi connectivity index (χ0v) is 26.0. The number of halogens is 1. The lowest BCUT2D eigenvalue weighted by Gasteiger charge is -2.27. The highest BCUT2D eigenvalue weighted by molar-refractivity contribution is 7.95. The Morgan fingerprint density at radius 2 is 1.02 bits per heavy atom. The normalized spacial score (nSPS) is 11.0. The van der Waals surface area contributed by atoms with Gasteiger partial charge in [0.2, 0.25) is 0 Å². The van der Waals surface area contributed by atoms with Gasteiger partial charge in [0.05, 0.1) is 12.8 Å². The van der Waals surface area contributed by atoms with E-state index in [9.17, 15) is 15.0 Å². The molecule has 6 heteroatoms. The van der Waals surface area contributed by atoms with E-state index in [0.717, 1.165) is 19.3 Å². The Kier molecular flexibility index (Phi) is 13.4. The van der Waals surface area contributed by atoms with Crippen LogP contribution in [0.15, 0.2) is 109 Å². The molecule has 4 nitrogen and oxygen atoms in total. The maximum absolute atomic E-state index is 12.1. The molecule has 0 saturated carbocycles. The second-order valence-corrected chi connectivity index (χ2v) is 13.8. The SMILES string of the molecule is O=C(OCCCCCCCCCC[P+](c1ccccc1)(c1ccccc1)c1ccccc1)c1cc(O)ccc1O.[Br-]. The third kappa shape index (κ3) is 8.92. The third-order valence-corrected chi connectivity index (χ3v) is 11.9. The summed E-state index contributed by atoms with van der Waals surface area (Å²) in [6.45, 7) is 0.318. The Balaban J connectivity index is 0.00000462. The molecule has 4 aromatic carbocycles. The number of esters is 1. The summed E-state index contributed by atoms with van der Waals surface area (Å²) in [6, 6.07) is 37.1. The molecule has 0 heterocycles. The number of unbranched alkanes of at least 4 members (excludes halogenated alkanes) is 7. The molecule has 4 aromatic rings. The number of carbonyl (C=O) groups is 1. The van der Waals surface area contributed by atoms with Crippen molar-refractivity contribution in [3.63, 3.8) is 0 Å². The molecule has 2 N–H and O–H groups in total. The number of carbonyl (C=O) groups excluding carboxylic acids is 1. The molecule has 0 aliphatic heterocycles. The van der Waals surface area contributed by atoms with Gasteiger partial charge in [0.25, 0.3) is 0 Å². The van der Waals surface area contributed by atoms with Crippen LogP contribution in [0.1, 0.15) is 61.7 Å². The molecule has 0 aromatic heterocycles. The van der Waals surface area contributed by atoms with Crippen molar-refractivity contribution < 1.29 is 36.7 Å². The lowest BCUT2D eigenvalue weighted by Crippen LogP contribution is -3.00. The summed E-state index contributed by atoms with van der Waals surface area (Å²) >= 11 is 0. The number of hydrogen-bond donors (Lipinski definition) is 2. The summed E-state index contributed by atoms with van der Waals surface area (Å²) in [7, 11) is -1.73. The van der Waals surface area contributed by atoms with E-state index >= 15 is 0 Å². The summed E-state index contributed by atoms with van der Waals surface area (Å²) in [5, 5.41) is 23.6. The van der Waals surface area contributed by atoms with Gasteiger partial charge >= 0.3 is 5.97 Å². The lowest BCUT2D eigenvalue weighted by atomic mass is 10.1. The molecule has 0 aliphatic carbocycles. The molecule has 0 spiro atoms. The van der Waals surface area contributed by atoms with Crippen molar-refractivity contribution in [3.8, 4) is 11.5 Å². The van der Waals surface area contributed by atoms with E-state index in [1.807, 2.05) is 0 Å². The molecular weight excluding hydrogens is 595 g/mol. The van der Waals surface area contributed by atoms with E-state index in [1.54, 1.807) is 0 Å². The van der Waals surface area contributed by atoms with Crippen molar-refractivity contribution in [3.05, 3.63) is 115 Å². The van der Waals surface area contributed by atoms with Gasteiger partial charge < -0.3 is 31.9 Å². The van der Waals surface area contributed by atoms with Gasteiger partial charge in [-0.1, -0.05) is 86.7 Å². The molecule has 0 unspecified atom stereocenters. The Bertz CT molecular complexity index is 1220. The minimum Gasteiger partial charge on any atom is -1.00 e. The molecule has 0 fully saturated rings. The van der Waals surface area contributed by atoms with Crippen LogP contribution in [-0.2, 0) is 4.74 Å². The number of ether oxygens (including phenoxy) is 1. The smallest absolute Gasteiger partial charge is 0.342 e. The van der Waals surface area contributed by atoms with Crippen LogP contribution >= 0.6 is 7.26 Å². The van der Waals surface area contributed by atoms with Crippen molar-refractivity contribution >= 4 is 29.1 Å². The van der Waals surface area contributed by atoms with Crippen LogP contribution in [-0.4, -0.2) is 29.0 Å². The standard InChI is InChI=1S/C35H39O4P.BrH/c36-29-24-25-34(37)33(28-29)35(38)39-26-16-5-3-1-2-4-6-17-27-40(30-18-10-7-11-19-30,31-20-12-8-13-21-31)32-22-14-9-15-23-32;/h7-15,18-25,28H,1-6,16-17,26-27H2,(H-,36,37,38);1H. The van der Waals surface area contributed by atoms with Gasteiger partial charge in [-0.2, -0.15) is 0 Å². The topological polar surface area (TPSA) is 66.8 Å². The van der Waals surface area contributed by atoms with Gasteiger partial charge in [-0.05, 0) is 73.9 Å². The van der Waals surface area contributed by atoms with Crippen molar-refractivity contribution in [1.82, 2.24) is 0 Å². The number of phenolic OH excluding ortho intramolecular Hbond substituents is 2. The first kappa shape index (κ1) is 32.4. The molecule has 0 atom stereocenters. The quantitative estimate of drug-likeness (QED) is 0.0882. The average molecular weight is 636 g/mol. The maximum atomic E-state index is 12.1. The molecular formula is C35H40BrO4P. The number of rotatable bonds is 15. The summed E-state index contributed by atoms with van der Waals surface area (Å²) in [6.07, 6.45) is 10.1. The Morgan fingerprint density at radius 1 is 0.585 bits per heavy atom. The predicted molar refractivity (Wildman–Crippen MR) is 167 cm³/mol. The molecule has 0 amide bonds. The number of aromatic hydroxyl groups is 2. The first-order valence-electron chi connectivity index (χ1n) is 14.4. The Labute approximate surface area is 255 Å². The van der Waals surface area contributed by atoms with Gasteiger partial charge in [-0.3, -0.25) is 0 Å². The minimum absolute atomic E-state index is 0. The average Bonchev–Trinajstić information content (AvgIpc) is 3.00. The fourth-order valence-corrected chi connectivity index (χ4v) is 9.73. The largest absolute Gasteiger partial charge is 1.00 e. The zero-order chi connectivity index (χ0) is 28.0. The van der Waals surface area contributed by atoms with Crippen LogP contribution in [0.2, 0.25) is 0 Å². The summed E-state index contributed by atoms with van der Waals surface area (Å²) < 4.78 is 5.26. The molecule has 0 radical (unpaired) electrons. The predicted octanol–water partition coefficient (Wildman–Crippen LogP) is 4.37. The highest BCUT2D eigenvalue weighted by Crippen LogP contribution is 2.56. The molecule has 0 saturated heterocycles. The third-order valence-electron chi connectivity index (χ3n) is 7.41. The number of phenols is 2. The number of hydrogen-bond acceptors (Lipinski definition) is 4. The fraction of sp³-hybridized carbons (Fsp3) is 0.286. The van der Waals surface area contributed by atoms with Gasteiger partial charge in [0.1, 0.15) is 40.2 Å². The molecule has 0 bridgehead atoms. The zero-order valence-electron chi connectivity index (χ0n) is 23.5. The van der Waals surface area contributed by atoms with Crippen LogP contribution in [0.5, 0.6) is 11.5 Å². The van der Waals surface area contributed by atoms with Crippen molar-refractivity contribution in [1.29, 1.82) is 0 Å². The van der Waals surface area contributed by atoms with E-state index in [1.165, 1.54) is 72.4 Å². The van der Waals surface area contributed by atoms with E-state index in [-0.39, 0.29) is 34.0 Å². The van der Waals surface area contributed by atoms with Crippen LogP contribution in [0.25, 0.3) is 0 Å². The van der Waals surface area contributed by atoms with Crippen LogP contribution in [0, 0.1) is 0 Å². The van der Waals surface area contributed by atoms with E-state index in [2.05, 4.69) is 91.0 Å². The summed E-state index contributed by atoms with van der Waals surface area (Å²) in [5.74, 6) is -0.857.